The fourth-order valence-corrected chi connectivity index (χ4v) is 8.17. The van der Waals surface area contributed by atoms with Gasteiger partial charge in [-0.1, -0.05) is 54.6 Å². The molecule has 0 saturated heterocycles. The first-order valence-electron chi connectivity index (χ1n) is 7.45. The maximum atomic E-state index is 4.83. The summed E-state index contributed by atoms with van der Waals surface area (Å²) in [6.45, 7) is 2.21. The molecular formula is C20H20PS+. The van der Waals surface area contributed by atoms with Crippen LogP contribution in [0.4, 0.5) is 0 Å². The maximum absolute atomic E-state index is 4.83. The molecule has 0 saturated carbocycles. The smallest absolute Gasteiger partial charge is 0.122 e. The molecule has 0 unspecified atom stereocenters. The standard InChI is InChI=1S/C20H19PS/c1-17-10-8-9-15-20(17)21(16-22,18-11-4-2-5-12-18)19-13-6-3-7-14-19/h2-15H,16H2,1H3/p+1. The molecule has 0 aliphatic heterocycles. The van der Waals surface area contributed by atoms with E-state index in [-0.39, 0.29) is 0 Å². The van der Waals surface area contributed by atoms with E-state index in [1.807, 2.05) is 0 Å². The second-order valence-corrected chi connectivity index (χ2v) is 9.67. The Hall–Kier alpha value is -1.56. The van der Waals surface area contributed by atoms with Crippen LogP contribution in [0.5, 0.6) is 0 Å². The molecular weight excluding hydrogens is 303 g/mol. The van der Waals surface area contributed by atoms with Crippen LogP contribution >= 0.6 is 19.9 Å². The van der Waals surface area contributed by atoms with Crippen LogP contribution in [-0.4, -0.2) is 5.49 Å². The van der Waals surface area contributed by atoms with Gasteiger partial charge in [-0.25, -0.2) is 0 Å². The topological polar surface area (TPSA) is 0 Å². The minimum Gasteiger partial charge on any atom is -0.138 e. The molecule has 0 spiro atoms. The molecule has 0 nitrogen and oxygen atoms in total. The van der Waals surface area contributed by atoms with Gasteiger partial charge in [0.15, 0.2) is 0 Å². The number of hydrogen-bond donors (Lipinski definition) is 1. The quantitative estimate of drug-likeness (QED) is 0.540. The third-order valence-electron chi connectivity index (χ3n) is 4.13. The summed E-state index contributed by atoms with van der Waals surface area (Å²) in [4.78, 5) is 0. The molecule has 0 bridgehead atoms. The Morgan fingerprint density at radius 1 is 0.682 bits per heavy atom. The first-order valence-corrected chi connectivity index (χ1v) is 10.1. The van der Waals surface area contributed by atoms with E-state index in [1.54, 1.807) is 0 Å². The first-order chi connectivity index (χ1) is 10.8. The van der Waals surface area contributed by atoms with Crippen LogP contribution < -0.4 is 15.9 Å². The molecule has 0 aromatic heterocycles. The van der Waals surface area contributed by atoms with Crippen molar-refractivity contribution in [3.63, 3.8) is 0 Å². The maximum Gasteiger partial charge on any atom is 0.122 e. The zero-order valence-electron chi connectivity index (χ0n) is 12.7. The summed E-state index contributed by atoms with van der Waals surface area (Å²) in [6, 6.07) is 30.5. The Morgan fingerprint density at radius 2 is 1.14 bits per heavy atom. The summed E-state index contributed by atoms with van der Waals surface area (Å²) >= 11 is 4.83. The van der Waals surface area contributed by atoms with E-state index in [9.17, 15) is 0 Å². The van der Waals surface area contributed by atoms with Crippen molar-refractivity contribution in [2.45, 2.75) is 6.92 Å². The van der Waals surface area contributed by atoms with Crippen molar-refractivity contribution in [2.75, 3.05) is 5.49 Å². The second-order valence-electron chi connectivity index (χ2n) is 5.41. The molecule has 0 N–H and O–H groups in total. The molecule has 0 heterocycles. The average molecular weight is 323 g/mol. The van der Waals surface area contributed by atoms with Gasteiger partial charge in [-0.2, -0.15) is 0 Å². The third kappa shape index (κ3) is 2.60. The highest BCUT2D eigenvalue weighted by molar-refractivity contribution is 8.05. The third-order valence-corrected chi connectivity index (χ3v) is 9.51. The van der Waals surface area contributed by atoms with Crippen LogP contribution in [0, 0.1) is 6.92 Å². The zero-order chi connectivity index (χ0) is 15.4. The van der Waals surface area contributed by atoms with Gasteiger partial charge in [0.2, 0.25) is 0 Å². The van der Waals surface area contributed by atoms with Gasteiger partial charge < -0.3 is 0 Å². The second kappa shape index (κ2) is 6.69. The van der Waals surface area contributed by atoms with Crippen molar-refractivity contribution < 1.29 is 0 Å². The van der Waals surface area contributed by atoms with Crippen LogP contribution in [0.3, 0.4) is 0 Å². The number of rotatable bonds is 4. The van der Waals surface area contributed by atoms with Gasteiger partial charge in [-0.3, -0.25) is 0 Å². The van der Waals surface area contributed by atoms with E-state index in [0.717, 1.165) is 5.49 Å². The predicted octanol–water partition coefficient (Wildman–Crippen LogP) is 4.18. The minimum atomic E-state index is -1.71. The van der Waals surface area contributed by atoms with Crippen LogP contribution in [0.15, 0.2) is 84.9 Å². The highest BCUT2D eigenvalue weighted by atomic mass is 32.1. The normalized spacial score (nSPS) is 11.4. The molecule has 0 atom stereocenters. The van der Waals surface area contributed by atoms with Crippen molar-refractivity contribution in [2.24, 2.45) is 0 Å². The highest BCUT2D eigenvalue weighted by Crippen LogP contribution is 2.56. The first kappa shape index (κ1) is 15.3. The van der Waals surface area contributed by atoms with Gasteiger partial charge in [0.05, 0.1) is 0 Å². The van der Waals surface area contributed by atoms with Crippen molar-refractivity contribution >= 4 is 35.8 Å². The monoisotopic (exact) mass is 323 g/mol. The SMILES string of the molecule is Cc1ccccc1[P+](CS)(c1ccccc1)c1ccccc1. The van der Waals surface area contributed by atoms with E-state index in [4.69, 9.17) is 12.6 Å². The van der Waals surface area contributed by atoms with Gasteiger partial charge in [0.1, 0.15) is 28.7 Å². The van der Waals surface area contributed by atoms with Gasteiger partial charge in [0, 0.05) is 0 Å². The Balaban J connectivity index is 2.34. The molecule has 0 fully saturated rings. The Bertz CT molecular complexity index is 698. The molecule has 110 valence electrons. The minimum absolute atomic E-state index is 0.839. The highest BCUT2D eigenvalue weighted by Gasteiger charge is 2.44. The van der Waals surface area contributed by atoms with E-state index < -0.39 is 7.26 Å². The summed E-state index contributed by atoms with van der Waals surface area (Å²) in [5.41, 5.74) is 2.18. The molecule has 0 amide bonds. The Morgan fingerprint density at radius 3 is 1.59 bits per heavy atom. The lowest BCUT2D eigenvalue weighted by atomic mass is 10.2. The van der Waals surface area contributed by atoms with E-state index in [1.165, 1.54) is 21.5 Å². The summed E-state index contributed by atoms with van der Waals surface area (Å²) in [5.74, 6) is 0. The summed E-state index contributed by atoms with van der Waals surface area (Å²) in [5, 5.41) is 4.22. The Kier molecular flexibility index (Phi) is 4.66. The van der Waals surface area contributed by atoms with Crippen LogP contribution in [0.25, 0.3) is 0 Å². The zero-order valence-corrected chi connectivity index (χ0v) is 14.5. The molecule has 0 radical (unpaired) electrons. The van der Waals surface area contributed by atoms with Crippen molar-refractivity contribution in [3.05, 3.63) is 90.5 Å². The molecule has 22 heavy (non-hydrogen) atoms. The fourth-order valence-electron chi connectivity index (χ4n) is 3.02. The summed E-state index contributed by atoms with van der Waals surface area (Å²) in [6.07, 6.45) is 0. The molecule has 3 aromatic rings. The summed E-state index contributed by atoms with van der Waals surface area (Å²) < 4.78 is 0. The Labute approximate surface area is 139 Å². The fraction of sp³-hybridized carbons (Fsp3) is 0.100. The van der Waals surface area contributed by atoms with Gasteiger partial charge in [-0.05, 0) is 42.8 Å². The number of benzene rings is 3. The number of thiol groups is 1. The van der Waals surface area contributed by atoms with E-state index in [2.05, 4.69) is 91.9 Å². The number of hydrogen-bond acceptors (Lipinski definition) is 1. The summed E-state index contributed by atoms with van der Waals surface area (Å²) in [7, 11) is -1.71. The van der Waals surface area contributed by atoms with Crippen LogP contribution in [0.2, 0.25) is 0 Å². The predicted molar refractivity (Wildman–Crippen MR) is 104 cm³/mol. The molecule has 3 rings (SSSR count). The molecule has 0 aliphatic rings. The van der Waals surface area contributed by atoms with Crippen LogP contribution in [0.1, 0.15) is 5.56 Å². The van der Waals surface area contributed by atoms with Crippen molar-refractivity contribution in [3.8, 4) is 0 Å². The lowest BCUT2D eigenvalue weighted by Crippen LogP contribution is -2.33. The van der Waals surface area contributed by atoms with E-state index in [0.29, 0.717) is 0 Å². The molecule has 2 heteroatoms. The van der Waals surface area contributed by atoms with E-state index >= 15 is 0 Å². The van der Waals surface area contributed by atoms with Gasteiger partial charge in [-0.15, -0.1) is 12.6 Å². The van der Waals surface area contributed by atoms with Crippen molar-refractivity contribution in [1.29, 1.82) is 0 Å². The average Bonchev–Trinajstić information content (AvgIpc) is 2.59. The number of aryl methyl sites for hydroxylation is 1. The van der Waals surface area contributed by atoms with Gasteiger partial charge >= 0.3 is 0 Å². The lowest BCUT2D eigenvalue weighted by Gasteiger charge is -2.27. The molecule has 3 aromatic carbocycles. The van der Waals surface area contributed by atoms with Gasteiger partial charge in [0.25, 0.3) is 0 Å². The lowest BCUT2D eigenvalue weighted by molar-refractivity contribution is 1.51. The molecule has 0 aliphatic carbocycles. The van der Waals surface area contributed by atoms with Crippen LogP contribution in [-0.2, 0) is 0 Å². The van der Waals surface area contributed by atoms with Crippen molar-refractivity contribution in [1.82, 2.24) is 0 Å². The largest absolute Gasteiger partial charge is 0.138 e.